The Morgan fingerprint density at radius 3 is 2.24 bits per heavy atom. The second kappa shape index (κ2) is 12.9. The average Bonchev–Trinajstić information content (AvgIpc) is 2.77. The summed E-state index contributed by atoms with van der Waals surface area (Å²) >= 11 is 0. The van der Waals surface area contributed by atoms with E-state index in [1.807, 2.05) is 57.2 Å². The summed E-state index contributed by atoms with van der Waals surface area (Å²) in [6, 6.07) is 0. The molecule has 4 N–H and O–H groups in total. The Morgan fingerprint density at radius 1 is 1.03 bits per heavy atom. The average molecular weight is 477 g/mol. The molecule has 1 aliphatic carbocycles. The van der Waals surface area contributed by atoms with Crippen LogP contribution in [0.3, 0.4) is 0 Å². The van der Waals surface area contributed by atoms with E-state index in [2.05, 4.69) is 19.9 Å². The molecule has 5 atom stereocenters. The van der Waals surface area contributed by atoms with Crippen molar-refractivity contribution >= 4 is 5.97 Å². The van der Waals surface area contributed by atoms with Gasteiger partial charge in [-0.2, -0.15) is 0 Å². The summed E-state index contributed by atoms with van der Waals surface area (Å²) in [5.74, 6) is -0.871. The molecule has 0 aromatic rings. The van der Waals surface area contributed by atoms with E-state index in [-0.39, 0.29) is 6.42 Å². The lowest BCUT2D eigenvalue weighted by atomic mass is 9.69. The fourth-order valence-electron chi connectivity index (χ4n) is 4.22. The summed E-state index contributed by atoms with van der Waals surface area (Å²) in [5, 5.41) is 42.0. The van der Waals surface area contributed by atoms with Crippen molar-refractivity contribution in [3.05, 3.63) is 48.6 Å². The fraction of sp³-hybridized carbons (Fsp3) is 0.690. The first-order chi connectivity index (χ1) is 15.7. The summed E-state index contributed by atoms with van der Waals surface area (Å²) in [6.45, 7) is 11.7. The first-order valence-corrected chi connectivity index (χ1v) is 12.7. The van der Waals surface area contributed by atoms with Gasteiger partial charge in [0.15, 0.2) is 0 Å². The number of hydrogen-bond donors (Lipinski definition) is 4. The number of carboxylic acids is 1. The van der Waals surface area contributed by atoms with Crippen molar-refractivity contribution in [2.24, 2.45) is 16.2 Å². The van der Waals surface area contributed by atoms with E-state index in [4.69, 9.17) is 5.11 Å². The molecule has 4 unspecified atom stereocenters. The van der Waals surface area contributed by atoms with Gasteiger partial charge in [-0.3, -0.25) is 4.79 Å². The predicted octanol–water partition coefficient (Wildman–Crippen LogP) is 5.96. The molecule has 34 heavy (non-hydrogen) atoms. The number of hydrogen-bond acceptors (Lipinski definition) is 4. The minimum Gasteiger partial charge on any atom is -0.481 e. The van der Waals surface area contributed by atoms with Crippen LogP contribution in [0, 0.1) is 16.2 Å². The molecule has 194 valence electrons. The predicted molar refractivity (Wildman–Crippen MR) is 139 cm³/mol. The number of unbranched alkanes of at least 4 members (excludes halogenated alkanes) is 2. The highest BCUT2D eigenvalue weighted by Crippen LogP contribution is 2.41. The van der Waals surface area contributed by atoms with Gasteiger partial charge in [-0.25, -0.2) is 0 Å². The lowest BCUT2D eigenvalue weighted by Crippen LogP contribution is -2.41. The van der Waals surface area contributed by atoms with E-state index in [9.17, 15) is 20.1 Å². The molecule has 1 aliphatic rings. The Bertz CT molecular complexity index is 760. The fourth-order valence-corrected chi connectivity index (χ4v) is 4.22. The number of rotatable bonds is 12. The number of aliphatic hydroxyl groups is 3. The molecule has 5 nitrogen and oxygen atoms in total. The van der Waals surface area contributed by atoms with Crippen molar-refractivity contribution in [3.63, 3.8) is 0 Å². The number of carboxylic acid groups (broad SMARTS) is 1. The zero-order chi connectivity index (χ0) is 26.0. The second-order valence-corrected chi connectivity index (χ2v) is 11.4. The zero-order valence-electron chi connectivity index (χ0n) is 22.1. The summed E-state index contributed by atoms with van der Waals surface area (Å²) in [6.07, 6.45) is 19.3. The van der Waals surface area contributed by atoms with Gasteiger partial charge in [0, 0.05) is 17.3 Å². The molecule has 0 fully saturated rings. The van der Waals surface area contributed by atoms with Gasteiger partial charge in [-0.1, -0.05) is 102 Å². The summed E-state index contributed by atoms with van der Waals surface area (Å²) in [7, 11) is 0. The Labute approximate surface area is 207 Å². The van der Waals surface area contributed by atoms with Gasteiger partial charge in [0.05, 0.1) is 17.8 Å². The second-order valence-electron chi connectivity index (χ2n) is 11.4. The number of aliphatic carboxylic acids is 1. The van der Waals surface area contributed by atoms with Gasteiger partial charge < -0.3 is 20.4 Å². The van der Waals surface area contributed by atoms with Crippen LogP contribution in [0.5, 0.6) is 0 Å². The van der Waals surface area contributed by atoms with Crippen LogP contribution in [0.2, 0.25) is 0 Å². The molecule has 0 bridgehead atoms. The summed E-state index contributed by atoms with van der Waals surface area (Å²) in [5.41, 5.74) is -2.80. The Kier molecular flexibility index (Phi) is 11.5. The van der Waals surface area contributed by atoms with Crippen molar-refractivity contribution in [1.82, 2.24) is 0 Å². The summed E-state index contributed by atoms with van der Waals surface area (Å²) in [4.78, 5) is 11.0. The van der Waals surface area contributed by atoms with Crippen molar-refractivity contribution in [1.29, 1.82) is 0 Å². The quantitative estimate of drug-likeness (QED) is 0.206. The lowest BCUT2D eigenvalue weighted by molar-refractivity contribution is -0.138. The third kappa shape index (κ3) is 9.16. The van der Waals surface area contributed by atoms with E-state index in [1.165, 1.54) is 0 Å². The lowest BCUT2D eigenvalue weighted by Gasteiger charge is -2.39. The topological polar surface area (TPSA) is 98.0 Å². The van der Waals surface area contributed by atoms with Crippen LogP contribution in [-0.2, 0) is 4.79 Å². The van der Waals surface area contributed by atoms with Crippen LogP contribution in [0.4, 0.5) is 0 Å². The largest absolute Gasteiger partial charge is 0.481 e. The van der Waals surface area contributed by atoms with Crippen LogP contribution in [0.1, 0.15) is 92.9 Å². The van der Waals surface area contributed by atoms with Crippen LogP contribution in [0.15, 0.2) is 48.6 Å². The Morgan fingerprint density at radius 2 is 1.65 bits per heavy atom. The molecule has 1 rings (SSSR count). The molecule has 0 aromatic heterocycles. The first-order valence-electron chi connectivity index (χ1n) is 12.7. The van der Waals surface area contributed by atoms with E-state index in [0.717, 1.165) is 19.3 Å². The molecule has 0 radical (unpaired) electrons. The van der Waals surface area contributed by atoms with Crippen molar-refractivity contribution in [2.45, 2.75) is 111 Å². The first kappa shape index (κ1) is 30.3. The monoisotopic (exact) mass is 476 g/mol. The highest BCUT2D eigenvalue weighted by molar-refractivity contribution is 5.66. The molecular formula is C29H48O5. The highest BCUT2D eigenvalue weighted by atomic mass is 16.4. The Hall–Kier alpha value is -1.69. The smallest absolute Gasteiger partial charge is 0.303 e. The molecule has 0 saturated carbocycles. The molecule has 0 heterocycles. The molecular weight excluding hydrogens is 428 g/mol. The van der Waals surface area contributed by atoms with Crippen LogP contribution in [0.25, 0.3) is 0 Å². The molecule has 0 amide bonds. The molecule has 0 saturated heterocycles. The van der Waals surface area contributed by atoms with E-state index in [1.54, 1.807) is 13.0 Å². The molecule has 0 aliphatic heterocycles. The van der Waals surface area contributed by atoms with Gasteiger partial charge >= 0.3 is 5.97 Å². The third-order valence-corrected chi connectivity index (χ3v) is 7.76. The number of carbonyl (C=O) groups is 1. The van der Waals surface area contributed by atoms with Gasteiger partial charge in [-0.05, 0) is 38.0 Å². The molecule has 0 aromatic carbocycles. The number of aliphatic hydroxyl groups excluding tert-OH is 2. The van der Waals surface area contributed by atoms with Crippen molar-refractivity contribution in [3.8, 4) is 0 Å². The number of allylic oxidation sites excluding steroid dienone is 6. The molecule has 0 spiro atoms. The maximum atomic E-state index is 11.2. The maximum absolute atomic E-state index is 11.2. The van der Waals surface area contributed by atoms with Crippen molar-refractivity contribution in [2.75, 3.05) is 0 Å². The SMILES string of the molecule is CCCCCC(O)C(O)C1(C)C=C/C=C/C=C\C(C)(/C=C/[C@@](C)(O)C(C)(C)CCC(=O)O)CC1. The zero-order valence-corrected chi connectivity index (χ0v) is 22.1. The third-order valence-electron chi connectivity index (χ3n) is 7.76. The van der Waals surface area contributed by atoms with E-state index in [0.29, 0.717) is 25.7 Å². The van der Waals surface area contributed by atoms with Crippen LogP contribution >= 0.6 is 0 Å². The summed E-state index contributed by atoms with van der Waals surface area (Å²) < 4.78 is 0. The minimum atomic E-state index is -1.19. The van der Waals surface area contributed by atoms with Gasteiger partial charge in [0.25, 0.3) is 0 Å². The standard InChI is InChI=1S/C29H48O5/c1-7-8-11-14-23(30)25(33)28(5)17-13-10-9-12-16-27(4,19-21-28)20-22-29(6,34)26(2,3)18-15-24(31)32/h9-10,12-13,16-17,20,22-23,25,30,33-34H,7-8,11,14-15,18-19,21H2,1-6H3,(H,31,32)/b10-9+,16-12-,17-13?,22-20+/t23?,25?,27?,28?,29-/m1/s1. The van der Waals surface area contributed by atoms with E-state index < -0.39 is 40.0 Å². The van der Waals surface area contributed by atoms with Crippen LogP contribution in [-0.4, -0.2) is 44.2 Å². The van der Waals surface area contributed by atoms with Gasteiger partial charge in [0.1, 0.15) is 0 Å². The van der Waals surface area contributed by atoms with Crippen molar-refractivity contribution < 1.29 is 25.2 Å². The van der Waals surface area contributed by atoms with Gasteiger partial charge in [-0.15, -0.1) is 0 Å². The van der Waals surface area contributed by atoms with Crippen LogP contribution < -0.4 is 0 Å². The minimum absolute atomic E-state index is 0.00210. The van der Waals surface area contributed by atoms with Gasteiger partial charge in [0.2, 0.25) is 0 Å². The normalized spacial score (nSPS) is 29.3. The van der Waals surface area contributed by atoms with E-state index >= 15 is 0 Å². The molecule has 5 heteroatoms. The Balaban J connectivity index is 3.10. The maximum Gasteiger partial charge on any atom is 0.303 e. The highest BCUT2D eigenvalue weighted by Gasteiger charge is 2.39.